The van der Waals surface area contributed by atoms with Gasteiger partial charge in [0, 0.05) is 12.8 Å². The summed E-state index contributed by atoms with van der Waals surface area (Å²) < 4.78 is 10.8. The third-order valence-corrected chi connectivity index (χ3v) is 3.15. The summed E-state index contributed by atoms with van der Waals surface area (Å²) in [5, 5.41) is 7.42. The lowest BCUT2D eigenvalue weighted by molar-refractivity contribution is 0.0950. The summed E-state index contributed by atoms with van der Waals surface area (Å²) in [6.07, 6.45) is 3.59. The number of unbranched alkanes of at least 4 members (excludes halogenated alkanes) is 1. The standard InChI is InChI=1S/C14H15N3O3/c1-2-3-6-16-14(18)9-4-5-10-11-12(9)19-8-7-15-13(11)17-20-10/h4-5,7H,2-3,6,8H2,1H3,(H,16,18). The summed E-state index contributed by atoms with van der Waals surface area (Å²) in [5.74, 6) is 0.797. The summed E-state index contributed by atoms with van der Waals surface area (Å²) >= 11 is 0. The van der Waals surface area contributed by atoms with Crippen LogP contribution in [0.1, 0.15) is 30.1 Å². The van der Waals surface area contributed by atoms with Crippen LogP contribution in [-0.2, 0) is 0 Å². The molecular weight excluding hydrogens is 258 g/mol. The van der Waals surface area contributed by atoms with Gasteiger partial charge < -0.3 is 14.6 Å². The Kier molecular flexibility index (Phi) is 3.37. The molecule has 3 rings (SSSR count). The Morgan fingerprint density at radius 2 is 2.35 bits per heavy atom. The van der Waals surface area contributed by atoms with Gasteiger partial charge in [-0.1, -0.05) is 18.5 Å². The molecule has 20 heavy (non-hydrogen) atoms. The van der Waals surface area contributed by atoms with E-state index >= 15 is 0 Å². The van der Waals surface area contributed by atoms with Crippen molar-refractivity contribution in [3.05, 3.63) is 17.7 Å². The number of hydrogen-bond acceptors (Lipinski definition) is 5. The zero-order valence-corrected chi connectivity index (χ0v) is 11.2. The third kappa shape index (κ3) is 2.13. The predicted molar refractivity (Wildman–Crippen MR) is 74.9 cm³/mol. The predicted octanol–water partition coefficient (Wildman–Crippen LogP) is 2.45. The molecule has 1 aromatic heterocycles. The van der Waals surface area contributed by atoms with Gasteiger partial charge in [0.1, 0.15) is 17.7 Å². The lowest BCUT2D eigenvalue weighted by atomic mass is 10.1. The van der Waals surface area contributed by atoms with Crippen LogP contribution in [0, 0.1) is 0 Å². The number of nitrogens with one attached hydrogen (secondary N) is 1. The van der Waals surface area contributed by atoms with Gasteiger partial charge in [-0.3, -0.25) is 4.79 Å². The topological polar surface area (TPSA) is 76.7 Å². The molecule has 0 saturated heterocycles. The molecule has 1 aromatic carbocycles. The molecule has 0 fully saturated rings. The van der Waals surface area contributed by atoms with Crippen LogP contribution < -0.4 is 10.1 Å². The molecule has 2 heterocycles. The maximum Gasteiger partial charge on any atom is 0.255 e. The van der Waals surface area contributed by atoms with Gasteiger partial charge in [0.25, 0.3) is 5.91 Å². The number of rotatable bonds is 4. The Morgan fingerprint density at radius 3 is 3.20 bits per heavy atom. The molecule has 1 aliphatic heterocycles. The van der Waals surface area contributed by atoms with E-state index in [4.69, 9.17) is 9.26 Å². The second-order valence-electron chi connectivity index (χ2n) is 4.55. The van der Waals surface area contributed by atoms with Crippen LogP contribution in [0.3, 0.4) is 0 Å². The quantitative estimate of drug-likeness (QED) is 0.868. The first-order valence-electron chi connectivity index (χ1n) is 6.67. The molecule has 0 aliphatic carbocycles. The number of carbonyl (C=O) groups is 1. The van der Waals surface area contributed by atoms with Crippen LogP contribution in [0.5, 0.6) is 5.75 Å². The second kappa shape index (κ2) is 5.32. The average molecular weight is 273 g/mol. The molecule has 6 nitrogen and oxygen atoms in total. The van der Waals surface area contributed by atoms with Crippen molar-refractivity contribution in [2.75, 3.05) is 13.2 Å². The first kappa shape index (κ1) is 12.7. The summed E-state index contributed by atoms with van der Waals surface area (Å²) in [7, 11) is 0. The van der Waals surface area contributed by atoms with Gasteiger partial charge >= 0.3 is 0 Å². The lowest BCUT2D eigenvalue weighted by Gasteiger charge is -2.10. The fourth-order valence-electron chi connectivity index (χ4n) is 2.13. The van der Waals surface area contributed by atoms with Gasteiger partial charge in [-0.2, -0.15) is 0 Å². The SMILES string of the molecule is CCCCNC(=O)c1ccc2onc3c2c1OCC=N3. The van der Waals surface area contributed by atoms with Crippen molar-refractivity contribution >= 4 is 28.9 Å². The zero-order valence-electron chi connectivity index (χ0n) is 11.2. The highest BCUT2D eigenvalue weighted by Crippen LogP contribution is 2.37. The number of nitrogens with zero attached hydrogens (tertiary/aromatic N) is 2. The molecule has 0 spiro atoms. The molecule has 6 heteroatoms. The lowest BCUT2D eigenvalue weighted by Crippen LogP contribution is -2.25. The van der Waals surface area contributed by atoms with Crippen LogP contribution in [0.2, 0.25) is 0 Å². The maximum atomic E-state index is 12.2. The van der Waals surface area contributed by atoms with E-state index in [9.17, 15) is 4.79 Å². The van der Waals surface area contributed by atoms with Crippen LogP contribution in [0.4, 0.5) is 5.82 Å². The van der Waals surface area contributed by atoms with Crippen LogP contribution in [-0.4, -0.2) is 30.4 Å². The van der Waals surface area contributed by atoms with E-state index in [0.29, 0.717) is 41.3 Å². The van der Waals surface area contributed by atoms with Crippen LogP contribution in [0.15, 0.2) is 21.6 Å². The number of aromatic nitrogens is 1. The van der Waals surface area contributed by atoms with Gasteiger partial charge in [0.15, 0.2) is 5.58 Å². The van der Waals surface area contributed by atoms with Crippen LogP contribution >= 0.6 is 0 Å². The van der Waals surface area contributed by atoms with Gasteiger partial charge in [-0.05, 0) is 18.6 Å². The van der Waals surface area contributed by atoms with E-state index in [1.807, 2.05) is 0 Å². The minimum atomic E-state index is -0.149. The smallest absolute Gasteiger partial charge is 0.255 e. The average Bonchev–Trinajstić information content (AvgIpc) is 2.74. The van der Waals surface area contributed by atoms with E-state index in [-0.39, 0.29) is 5.91 Å². The molecule has 0 radical (unpaired) electrons. The summed E-state index contributed by atoms with van der Waals surface area (Å²) in [6, 6.07) is 3.41. The van der Waals surface area contributed by atoms with Crippen molar-refractivity contribution in [1.29, 1.82) is 0 Å². The number of aliphatic imine (C=N–C) groups is 1. The largest absolute Gasteiger partial charge is 0.486 e. The van der Waals surface area contributed by atoms with Gasteiger partial charge in [0.2, 0.25) is 5.82 Å². The van der Waals surface area contributed by atoms with Crippen molar-refractivity contribution in [2.45, 2.75) is 19.8 Å². The first-order valence-corrected chi connectivity index (χ1v) is 6.67. The minimum Gasteiger partial charge on any atom is -0.486 e. The zero-order chi connectivity index (χ0) is 13.9. The summed E-state index contributed by atoms with van der Waals surface area (Å²) in [5.41, 5.74) is 1.06. The fourth-order valence-corrected chi connectivity index (χ4v) is 2.13. The van der Waals surface area contributed by atoms with E-state index < -0.39 is 0 Å². The first-order chi connectivity index (χ1) is 9.81. The number of carbonyl (C=O) groups excluding carboxylic acids is 1. The van der Waals surface area contributed by atoms with Gasteiger partial charge in [-0.25, -0.2) is 4.99 Å². The molecule has 0 bridgehead atoms. The fraction of sp³-hybridized carbons (Fsp3) is 0.357. The number of hydrogen-bond donors (Lipinski definition) is 1. The normalized spacial score (nSPS) is 13.1. The molecule has 0 saturated carbocycles. The Hall–Kier alpha value is -2.37. The third-order valence-electron chi connectivity index (χ3n) is 3.15. The Balaban J connectivity index is 2.00. The van der Waals surface area contributed by atoms with E-state index in [0.717, 1.165) is 12.8 Å². The van der Waals surface area contributed by atoms with Crippen molar-refractivity contribution in [1.82, 2.24) is 10.5 Å². The maximum absolute atomic E-state index is 12.2. The van der Waals surface area contributed by atoms with Crippen molar-refractivity contribution in [2.24, 2.45) is 4.99 Å². The number of amides is 1. The van der Waals surface area contributed by atoms with Crippen LogP contribution in [0.25, 0.3) is 11.0 Å². The Morgan fingerprint density at radius 1 is 1.45 bits per heavy atom. The summed E-state index contributed by atoms with van der Waals surface area (Å²) in [6.45, 7) is 3.04. The monoisotopic (exact) mass is 273 g/mol. The molecule has 104 valence electrons. The van der Waals surface area contributed by atoms with Gasteiger partial charge in [0.05, 0.1) is 5.56 Å². The Labute approximate surface area is 115 Å². The minimum absolute atomic E-state index is 0.149. The van der Waals surface area contributed by atoms with Crippen molar-refractivity contribution in [3.8, 4) is 5.75 Å². The molecule has 1 N–H and O–H groups in total. The molecule has 0 unspecified atom stereocenters. The highest BCUT2D eigenvalue weighted by molar-refractivity contribution is 6.06. The number of benzene rings is 1. The van der Waals surface area contributed by atoms with Crippen molar-refractivity contribution in [3.63, 3.8) is 0 Å². The molecule has 0 atom stereocenters. The Bertz CT molecular complexity index is 676. The number of ether oxygens (including phenoxy) is 1. The van der Waals surface area contributed by atoms with E-state index in [1.54, 1.807) is 18.3 Å². The van der Waals surface area contributed by atoms with E-state index in [1.165, 1.54) is 0 Å². The highest BCUT2D eigenvalue weighted by atomic mass is 16.5. The molecular formula is C14H15N3O3. The van der Waals surface area contributed by atoms with Crippen molar-refractivity contribution < 1.29 is 14.1 Å². The molecule has 2 aromatic rings. The highest BCUT2D eigenvalue weighted by Gasteiger charge is 2.22. The van der Waals surface area contributed by atoms with E-state index in [2.05, 4.69) is 22.4 Å². The molecule has 1 amide bonds. The second-order valence-corrected chi connectivity index (χ2v) is 4.55. The van der Waals surface area contributed by atoms with Gasteiger partial charge in [-0.15, -0.1) is 0 Å². The summed E-state index contributed by atoms with van der Waals surface area (Å²) in [4.78, 5) is 16.4. The molecule has 1 aliphatic rings.